The van der Waals surface area contributed by atoms with E-state index in [-0.39, 0.29) is 5.92 Å². The van der Waals surface area contributed by atoms with Crippen LogP contribution >= 0.6 is 11.3 Å². The van der Waals surface area contributed by atoms with Crippen LogP contribution in [0.3, 0.4) is 0 Å². The molecule has 0 radical (unpaired) electrons. The number of piperidine rings is 2. The number of nitrogens with zero attached hydrogens (tertiary/aromatic N) is 4. The third kappa shape index (κ3) is 4.54. The minimum atomic E-state index is 0.246. The molecule has 27 heavy (non-hydrogen) atoms. The van der Waals surface area contributed by atoms with Crippen LogP contribution in [0.4, 0.5) is 0 Å². The largest absolute Gasteiger partial charge is 0.342 e. The Morgan fingerprint density at radius 3 is 2.44 bits per heavy atom. The van der Waals surface area contributed by atoms with Crippen LogP contribution < -0.4 is 0 Å². The fourth-order valence-corrected chi connectivity index (χ4v) is 5.95. The highest BCUT2D eigenvalue weighted by atomic mass is 32.1. The maximum absolute atomic E-state index is 12.8. The summed E-state index contributed by atoms with van der Waals surface area (Å²) in [7, 11) is 0. The van der Waals surface area contributed by atoms with Gasteiger partial charge in [0.25, 0.3) is 0 Å². The summed E-state index contributed by atoms with van der Waals surface area (Å²) in [5, 5.41) is 1.26. The molecule has 0 unspecified atom stereocenters. The first kappa shape index (κ1) is 19.3. The van der Waals surface area contributed by atoms with Gasteiger partial charge in [-0.25, -0.2) is 4.98 Å². The van der Waals surface area contributed by atoms with Gasteiger partial charge in [0.15, 0.2) is 0 Å². The molecule has 3 aliphatic rings. The number of carbonyl (C=O) groups is 1. The van der Waals surface area contributed by atoms with Crippen molar-refractivity contribution in [2.75, 3.05) is 39.3 Å². The predicted molar refractivity (Wildman–Crippen MR) is 110 cm³/mol. The van der Waals surface area contributed by atoms with Crippen LogP contribution in [0.1, 0.15) is 54.1 Å². The number of aromatic nitrogens is 1. The van der Waals surface area contributed by atoms with Crippen LogP contribution in [0.25, 0.3) is 0 Å². The van der Waals surface area contributed by atoms with Gasteiger partial charge in [0, 0.05) is 43.6 Å². The first-order chi connectivity index (χ1) is 13.1. The van der Waals surface area contributed by atoms with Crippen LogP contribution in [0.2, 0.25) is 0 Å². The molecule has 0 N–H and O–H groups in total. The van der Waals surface area contributed by atoms with Crippen molar-refractivity contribution in [3.8, 4) is 0 Å². The molecule has 4 heterocycles. The maximum Gasteiger partial charge on any atom is 0.226 e. The molecule has 0 aromatic carbocycles. The lowest BCUT2D eigenvalue weighted by Gasteiger charge is -2.42. The summed E-state index contributed by atoms with van der Waals surface area (Å²) in [6, 6.07) is 0.662. The average molecular weight is 391 g/mol. The monoisotopic (exact) mass is 390 g/mol. The molecule has 150 valence electrons. The molecule has 1 aromatic heterocycles. The van der Waals surface area contributed by atoms with Gasteiger partial charge < -0.3 is 4.90 Å². The fraction of sp³-hybridized carbons (Fsp3) is 0.810. The molecule has 1 atom stereocenters. The molecule has 1 amide bonds. The van der Waals surface area contributed by atoms with Gasteiger partial charge in [-0.05, 0) is 58.9 Å². The number of aryl methyl sites for hydroxylation is 2. The van der Waals surface area contributed by atoms with Crippen molar-refractivity contribution in [3.63, 3.8) is 0 Å². The summed E-state index contributed by atoms with van der Waals surface area (Å²) in [6.45, 7) is 11.7. The fourth-order valence-electron chi connectivity index (χ4n) is 4.98. The van der Waals surface area contributed by atoms with Gasteiger partial charge in [0.2, 0.25) is 5.91 Å². The minimum absolute atomic E-state index is 0.246. The molecule has 4 rings (SSSR count). The molecule has 0 bridgehead atoms. The molecule has 3 aliphatic heterocycles. The summed E-state index contributed by atoms with van der Waals surface area (Å²) in [6.07, 6.45) is 7.12. The highest BCUT2D eigenvalue weighted by Gasteiger charge is 2.34. The summed E-state index contributed by atoms with van der Waals surface area (Å²) in [5.41, 5.74) is 1.19. The Morgan fingerprint density at radius 2 is 1.78 bits per heavy atom. The third-order valence-corrected chi connectivity index (χ3v) is 7.78. The van der Waals surface area contributed by atoms with Crippen molar-refractivity contribution in [2.24, 2.45) is 5.92 Å². The van der Waals surface area contributed by atoms with E-state index in [0.29, 0.717) is 11.9 Å². The van der Waals surface area contributed by atoms with Crippen molar-refractivity contribution >= 4 is 17.2 Å². The van der Waals surface area contributed by atoms with Gasteiger partial charge >= 0.3 is 0 Å². The lowest BCUT2D eigenvalue weighted by atomic mass is 9.93. The van der Waals surface area contributed by atoms with E-state index in [1.807, 2.05) is 11.3 Å². The normalized spacial score (nSPS) is 26.0. The van der Waals surface area contributed by atoms with Crippen molar-refractivity contribution in [3.05, 3.63) is 15.6 Å². The number of likely N-dealkylation sites (tertiary alicyclic amines) is 3. The Kier molecular flexibility index (Phi) is 6.15. The van der Waals surface area contributed by atoms with E-state index < -0.39 is 0 Å². The lowest BCUT2D eigenvalue weighted by molar-refractivity contribution is -0.136. The standard InChI is InChI=1S/C21H34N4OS/c1-16-17(2)27-20(22-16)15-23-12-7-19(8-13-23)25-11-5-6-18(14-25)21(26)24-9-3-4-10-24/h18-19H,3-15H2,1-2H3/t18-/m0/s1. The summed E-state index contributed by atoms with van der Waals surface area (Å²) in [4.78, 5) is 26.2. The zero-order chi connectivity index (χ0) is 18.8. The second-order valence-corrected chi connectivity index (χ2v) is 9.91. The number of thiazole rings is 1. The second-order valence-electron chi connectivity index (χ2n) is 8.62. The van der Waals surface area contributed by atoms with Crippen LogP contribution in [0.5, 0.6) is 0 Å². The first-order valence-electron chi connectivity index (χ1n) is 10.8. The smallest absolute Gasteiger partial charge is 0.226 e. The molecule has 6 heteroatoms. The van der Waals surface area contributed by atoms with Gasteiger partial charge in [0.05, 0.1) is 18.2 Å². The Morgan fingerprint density at radius 1 is 1.04 bits per heavy atom. The second kappa shape index (κ2) is 8.58. The molecule has 5 nitrogen and oxygen atoms in total. The Hall–Kier alpha value is -0.980. The van der Waals surface area contributed by atoms with Gasteiger partial charge in [-0.15, -0.1) is 11.3 Å². The Balaban J connectivity index is 1.26. The zero-order valence-corrected chi connectivity index (χ0v) is 17.8. The Bertz CT molecular complexity index is 627. The van der Waals surface area contributed by atoms with E-state index in [9.17, 15) is 4.79 Å². The molecule has 1 aromatic rings. The topological polar surface area (TPSA) is 39.7 Å². The van der Waals surface area contributed by atoms with E-state index in [1.54, 1.807) is 0 Å². The van der Waals surface area contributed by atoms with E-state index >= 15 is 0 Å². The van der Waals surface area contributed by atoms with Gasteiger partial charge in [-0.1, -0.05) is 0 Å². The molecule has 0 spiro atoms. The molecule has 0 saturated carbocycles. The van der Waals surface area contributed by atoms with E-state index in [0.717, 1.165) is 45.7 Å². The summed E-state index contributed by atoms with van der Waals surface area (Å²) < 4.78 is 0. The number of hydrogen-bond donors (Lipinski definition) is 0. The zero-order valence-electron chi connectivity index (χ0n) is 17.0. The lowest BCUT2D eigenvalue weighted by Crippen LogP contribution is -2.51. The van der Waals surface area contributed by atoms with Crippen LogP contribution in [-0.4, -0.2) is 70.9 Å². The van der Waals surface area contributed by atoms with Crippen molar-refractivity contribution < 1.29 is 4.79 Å². The molecular formula is C21H34N4OS. The number of carbonyl (C=O) groups excluding carboxylic acids is 1. The van der Waals surface area contributed by atoms with Crippen molar-refractivity contribution in [1.82, 2.24) is 19.7 Å². The highest BCUT2D eigenvalue weighted by Crippen LogP contribution is 2.27. The minimum Gasteiger partial charge on any atom is -0.342 e. The molecule has 3 fully saturated rings. The van der Waals surface area contributed by atoms with Crippen molar-refractivity contribution in [2.45, 2.75) is 65.0 Å². The predicted octanol–water partition coefficient (Wildman–Crippen LogP) is 3.06. The van der Waals surface area contributed by atoms with Gasteiger partial charge in [0.1, 0.15) is 5.01 Å². The highest BCUT2D eigenvalue weighted by molar-refractivity contribution is 7.11. The van der Waals surface area contributed by atoms with E-state index in [4.69, 9.17) is 4.98 Å². The summed E-state index contributed by atoms with van der Waals surface area (Å²) >= 11 is 1.85. The van der Waals surface area contributed by atoms with E-state index in [1.165, 1.54) is 54.2 Å². The van der Waals surface area contributed by atoms with Gasteiger partial charge in [-0.3, -0.25) is 14.6 Å². The van der Waals surface area contributed by atoms with Crippen molar-refractivity contribution in [1.29, 1.82) is 0 Å². The Labute approximate surface area is 167 Å². The number of hydrogen-bond acceptors (Lipinski definition) is 5. The quantitative estimate of drug-likeness (QED) is 0.792. The van der Waals surface area contributed by atoms with Crippen LogP contribution in [0.15, 0.2) is 0 Å². The number of rotatable bonds is 4. The SMILES string of the molecule is Cc1nc(CN2CCC(N3CCC[C@H](C(=O)N4CCCC4)C3)CC2)sc1C. The third-order valence-electron chi connectivity index (χ3n) is 6.72. The molecular weight excluding hydrogens is 356 g/mol. The first-order valence-corrected chi connectivity index (χ1v) is 11.6. The van der Waals surface area contributed by atoms with E-state index in [2.05, 4.69) is 28.5 Å². The number of amides is 1. The molecule has 3 saturated heterocycles. The van der Waals surface area contributed by atoms with Crippen LogP contribution in [0, 0.1) is 19.8 Å². The van der Waals surface area contributed by atoms with Gasteiger partial charge in [-0.2, -0.15) is 0 Å². The average Bonchev–Trinajstić information content (AvgIpc) is 3.32. The molecule has 0 aliphatic carbocycles. The maximum atomic E-state index is 12.8. The van der Waals surface area contributed by atoms with Crippen LogP contribution in [-0.2, 0) is 11.3 Å². The summed E-state index contributed by atoms with van der Waals surface area (Å²) in [5.74, 6) is 0.681.